The Hall–Kier alpha value is -2.14. The molecule has 0 saturated heterocycles. The Kier molecular flexibility index (Phi) is 3.05. The first-order chi connectivity index (χ1) is 9.22. The molecule has 0 radical (unpaired) electrons. The third kappa shape index (κ3) is 2.51. The van der Waals surface area contributed by atoms with E-state index < -0.39 is 0 Å². The van der Waals surface area contributed by atoms with Crippen molar-refractivity contribution in [3.63, 3.8) is 0 Å². The molecule has 2 N–H and O–H groups in total. The van der Waals surface area contributed by atoms with Gasteiger partial charge in [0.2, 0.25) is 5.76 Å². The summed E-state index contributed by atoms with van der Waals surface area (Å²) in [6.45, 7) is 0. The third-order valence-electron chi connectivity index (χ3n) is 3.25. The molecule has 5 nitrogen and oxygen atoms in total. The van der Waals surface area contributed by atoms with Crippen molar-refractivity contribution < 1.29 is 14.4 Å². The van der Waals surface area contributed by atoms with E-state index in [1.165, 1.54) is 0 Å². The smallest absolute Gasteiger partial charge is 0.290 e. The van der Waals surface area contributed by atoms with Gasteiger partial charge in [0, 0.05) is 17.7 Å². The monoisotopic (exact) mass is 258 g/mol. The Bertz CT molecular complexity index is 573. The van der Waals surface area contributed by atoms with Crippen molar-refractivity contribution in [3.8, 4) is 11.3 Å². The second-order valence-corrected chi connectivity index (χ2v) is 4.74. The molecule has 0 atom stereocenters. The average Bonchev–Trinajstić information content (AvgIpc) is 2.87. The van der Waals surface area contributed by atoms with Gasteiger partial charge in [-0.15, -0.1) is 0 Å². The molecule has 0 unspecified atom stereocenters. The number of aliphatic hydroxyl groups is 1. The molecular formula is C14H14N2O3. The van der Waals surface area contributed by atoms with Gasteiger partial charge in [-0.1, -0.05) is 35.5 Å². The van der Waals surface area contributed by atoms with Crippen LogP contribution in [0.1, 0.15) is 23.4 Å². The summed E-state index contributed by atoms with van der Waals surface area (Å²) in [7, 11) is 0. The second-order valence-electron chi connectivity index (χ2n) is 4.74. The Morgan fingerprint density at radius 3 is 2.74 bits per heavy atom. The quantitative estimate of drug-likeness (QED) is 0.876. The zero-order valence-electron chi connectivity index (χ0n) is 10.2. The summed E-state index contributed by atoms with van der Waals surface area (Å²) < 4.78 is 5.05. The van der Waals surface area contributed by atoms with Gasteiger partial charge in [0.1, 0.15) is 5.69 Å². The topological polar surface area (TPSA) is 75.4 Å². The minimum Gasteiger partial charge on any atom is -0.393 e. The predicted octanol–water partition coefficient (Wildman–Crippen LogP) is 1.59. The van der Waals surface area contributed by atoms with E-state index >= 15 is 0 Å². The Morgan fingerprint density at radius 2 is 2.05 bits per heavy atom. The lowest BCUT2D eigenvalue weighted by atomic mass is 9.89. The highest BCUT2D eigenvalue weighted by Crippen LogP contribution is 2.21. The van der Waals surface area contributed by atoms with Crippen molar-refractivity contribution in [2.45, 2.75) is 25.0 Å². The summed E-state index contributed by atoms with van der Waals surface area (Å²) >= 11 is 0. The van der Waals surface area contributed by atoms with E-state index in [2.05, 4.69) is 10.5 Å². The number of rotatable bonds is 3. The lowest BCUT2D eigenvalue weighted by molar-refractivity contribution is 0.0547. The summed E-state index contributed by atoms with van der Waals surface area (Å²) in [5, 5.41) is 15.9. The molecule has 1 amide bonds. The normalized spacial score (nSPS) is 21.7. The van der Waals surface area contributed by atoms with Crippen LogP contribution < -0.4 is 5.32 Å². The maximum atomic E-state index is 11.9. The van der Waals surface area contributed by atoms with Crippen molar-refractivity contribution in [2.24, 2.45) is 0 Å². The van der Waals surface area contributed by atoms with E-state index in [9.17, 15) is 4.79 Å². The van der Waals surface area contributed by atoms with Crippen LogP contribution in [0.4, 0.5) is 0 Å². The highest BCUT2D eigenvalue weighted by atomic mass is 16.5. The van der Waals surface area contributed by atoms with E-state index in [1.54, 1.807) is 6.07 Å². The van der Waals surface area contributed by atoms with Crippen molar-refractivity contribution in [2.75, 3.05) is 0 Å². The van der Waals surface area contributed by atoms with Gasteiger partial charge < -0.3 is 14.9 Å². The fraction of sp³-hybridized carbons (Fsp3) is 0.286. The van der Waals surface area contributed by atoms with Gasteiger partial charge in [-0.25, -0.2) is 0 Å². The second kappa shape index (κ2) is 4.85. The summed E-state index contributed by atoms with van der Waals surface area (Å²) in [6, 6.07) is 11.2. The number of hydrogen-bond donors (Lipinski definition) is 2. The van der Waals surface area contributed by atoms with Gasteiger partial charge in [0.15, 0.2) is 0 Å². The van der Waals surface area contributed by atoms with Gasteiger partial charge in [-0.2, -0.15) is 0 Å². The van der Waals surface area contributed by atoms with Crippen LogP contribution in [0.5, 0.6) is 0 Å². The molecule has 1 aliphatic carbocycles. The number of aromatic nitrogens is 1. The number of carbonyl (C=O) groups excluding carboxylic acids is 1. The molecule has 0 spiro atoms. The molecule has 2 aromatic rings. The Morgan fingerprint density at radius 1 is 1.32 bits per heavy atom. The molecule has 1 aliphatic rings. The zero-order chi connectivity index (χ0) is 13.2. The zero-order valence-corrected chi connectivity index (χ0v) is 10.2. The summed E-state index contributed by atoms with van der Waals surface area (Å²) in [6.07, 6.45) is 0.913. The molecule has 98 valence electrons. The van der Waals surface area contributed by atoms with Gasteiger partial charge in [0.25, 0.3) is 5.91 Å². The molecule has 1 aromatic carbocycles. The van der Waals surface area contributed by atoms with Gasteiger partial charge in [-0.05, 0) is 12.8 Å². The number of benzene rings is 1. The minimum atomic E-state index is -0.292. The van der Waals surface area contributed by atoms with Crippen LogP contribution in [0, 0.1) is 0 Å². The van der Waals surface area contributed by atoms with E-state index in [0.29, 0.717) is 18.5 Å². The van der Waals surface area contributed by atoms with Gasteiger partial charge in [0.05, 0.1) is 6.10 Å². The first kappa shape index (κ1) is 11.9. The van der Waals surface area contributed by atoms with Gasteiger partial charge in [-0.3, -0.25) is 4.79 Å². The van der Waals surface area contributed by atoms with Crippen molar-refractivity contribution in [1.29, 1.82) is 0 Å². The van der Waals surface area contributed by atoms with E-state index in [4.69, 9.17) is 9.63 Å². The Balaban J connectivity index is 1.69. The first-order valence-corrected chi connectivity index (χ1v) is 6.23. The summed E-state index contributed by atoms with van der Waals surface area (Å²) in [4.78, 5) is 11.9. The number of hydrogen-bond acceptors (Lipinski definition) is 4. The molecule has 1 aromatic heterocycles. The van der Waals surface area contributed by atoms with Gasteiger partial charge >= 0.3 is 0 Å². The van der Waals surface area contributed by atoms with Crippen molar-refractivity contribution in [3.05, 3.63) is 42.2 Å². The largest absolute Gasteiger partial charge is 0.393 e. The number of amides is 1. The van der Waals surface area contributed by atoms with Crippen LogP contribution in [0.15, 0.2) is 40.9 Å². The van der Waals surface area contributed by atoms with Crippen LogP contribution >= 0.6 is 0 Å². The average molecular weight is 258 g/mol. The molecule has 3 rings (SSSR count). The first-order valence-electron chi connectivity index (χ1n) is 6.23. The maximum absolute atomic E-state index is 11.9. The summed E-state index contributed by atoms with van der Waals surface area (Å²) in [5.41, 5.74) is 1.55. The molecule has 0 bridgehead atoms. The lowest BCUT2D eigenvalue weighted by Crippen LogP contribution is -2.46. The molecule has 19 heavy (non-hydrogen) atoms. The molecular weight excluding hydrogens is 244 g/mol. The lowest BCUT2D eigenvalue weighted by Gasteiger charge is -2.31. The predicted molar refractivity (Wildman–Crippen MR) is 68.4 cm³/mol. The van der Waals surface area contributed by atoms with Crippen LogP contribution in [-0.4, -0.2) is 28.3 Å². The number of nitrogens with zero attached hydrogens (tertiary/aromatic N) is 1. The van der Waals surface area contributed by atoms with E-state index in [0.717, 1.165) is 5.56 Å². The van der Waals surface area contributed by atoms with Crippen LogP contribution in [0.25, 0.3) is 11.3 Å². The number of nitrogens with one attached hydrogen (secondary N) is 1. The highest BCUT2D eigenvalue weighted by Gasteiger charge is 2.29. The standard InChI is InChI=1S/C14H14N2O3/c17-11-6-10(7-11)15-14(18)13-8-12(16-19-13)9-4-2-1-3-5-9/h1-5,8,10-11,17H,6-7H2,(H,15,18). The van der Waals surface area contributed by atoms with Crippen LogP contribution in [-0.2, 0) is 0 Å². The van der Waals surface area contributed by atoms with Crippen LogP contribution in [0.3, 0.4) is 0 Å². The molecule has 5 heteroatoms. The number of carbonyl (C=O) groups is 1. The van der Waals surface area contributed by atoms with Crippen molar-refractivity contribution >= 4 is 5.91 Å². The molecule has 1 saturated carbocycles. The maximum Gasteiger partial charge on any atom is 0.290 e. The van der Waals surface area contributed by atoms with E-state index in [-0.39, 0.29) is 23.8 Å². The van der Waals surface area contributed by atoms with Crippen molar-refractivity contribution in [1.82, 2.24) is 10.5 Å². The minimum absolute atomic E-state index is 0.0350. The van der Waals surface area contributed by atoms with E-state index in [1.807, 2.05) is 30.3 Å². The molecule has 1 fully saturated rings. The SMILES string of the molecule is O=C(NC1CC(O)C1)c1cc(-c2ccccc2)no1. The summed E-state index contributed by atoms with van der Waals surface area (Å²) in [5.74, 6) is -0.0909. The molecule has 0 aliphatic heterocycles. The molecule has 1 heterocycles. The third-order valence-corrected chi connectivity index (χ3v) is 3.25. The number of aliphatic hydroxyl groups excluding tert-OH is 1. The highest BCUT2D eigenvalue weighted by molar-refractivity contribution is 5.92. The Labute approximate surface area is 110 Å². The fourth-order valence-electron chi connectivity index (χ4n) is 2.09. The van der Waals surface area contributed by atoms with Crippen LogP contribution in [0.2, 0.25) is 0 Å². The fourth-order valence-corrected chi connectivity index (χ4v) is 2.09.